The van der Waals surface area contributed by atoms with E-state index in [1.54, 1.807) is 72.9 Å². The molecule has 13 rings (SSSR count). The molecule has 10 aliphatic carbocycles. The average molecular weight is 1200 g/mol. The van der Waals surface area contributed by atoms with Crippen LogP contribution in [0.4, 0.5) is 52.7 Å². The van der Waals surface area contributed by atoms with Crippen LogP contribution in [-0.2, 0) is 121 Å². The van der Waals surface area contributed by atoms with Gasteiger partial charge in [-0.3, -0.25) is 0 Å². The SMILES string of the molecule is Fc1c(F)c(F)c2c(c1F)C1C=CC2C=C1.Fc1c(F)c(F)c2c(c1F)C1C=CC2C=C1.Fc1c(F)c(F)c2c(c1F)C1C=CC2C=C1.[CH]1[CH][CH][CH][CH]1.[Rh].[Rh].[Rh].[SH-].[SH-].[SH-].[Ti]. The van der Waals surface area contributed by atoms with E-state index in [4.69, 9.17) is 0 Å². The van der Waals surface area contributed by atoms with Gasteiger partial charge in [-0.15, -0.1) is 0 Å². The summed E-state index contributed by atoms with van der Waals surface area (Å²) < 4.78 is 160. The third-order valence-corrected chi connectivity index (χ3v) is 9.73. The number of hydrogen-bond donors (Lipinski definition) is 0. The molecule has 6 bridgehead atoms. The number of halogens is 12. The molecular weight excluding hydrogens is 1170 g/mol. The molecule has 3 aromatic carbocycles. The van der Waals surface area contributed by atoms with Gasteiger partial charge in [0.25, 0.3) is 0 Å². The second-order valence-corrected chi connectivity index (χ2v) is 12.7. The molecular formula is C41H26F12Rh3S3Ti-3. The van der Waals surface area contributed by atoms with E-state index in [0.717, 1.165) is 0 Å². The molecule has 60 heavy (non-hydrogen) atoms. The first-order valence-corrected chi connectivity index (χ1v) is 16.2. The average Bonchev–Trinajstić information content (AvgIpc) is 3.80. The fourth-order valence-corrected chi connectivity index (χ4v) is 7.25. The van der Waals surface area contributed by atoms with Crippen molar-refractivity contribution >= 4 is 40.5 Å². The monoisotopic (exact) mass is 1200 g/mol. The molecule has 3 aromatic rings. The van der Waals surface area contributed by atoms with Crippen molar-refractivity contribution in [3.63, 3.8) is 0 Å². The summed E-state index contributed by atoms with van der Waals surface area (Å²) in [7, 11) is 0. The predicted molar refractivity (Wildman–Crippen MR) is 198 cm³/mol. The second-order valence-electron chi connectivity index (χ2n) is 12.7. The molecule has 0 aliphatic heterocycles. The molecule has 19 heteroatoms. The normalized spacial score (nSPS) is 22.0. The van der Waals surface area contributed by atoms with Crippen LogP contribution in [0.2, 0.25) is 0 Å². The fourth-order valence-electron chi connectivity index (χ4n) is 7.25. The van der Waals surface area contributed by atoms with Crippen LogP contribution in [0, 0.1) is 102 Å². The van der Waals surface area contributed by atoms with Crippen LogP contribution >= 0.6 is 0 Å². The van der Waals surface area contributed by atoms with Crippen LogP contribution in [0.25, 0.3) is 0 Å². The zero-order valence-electron chi connectivity index (χ0n) is 29.7. The van der Waals surface area contributed by atoms with Crippen LogP contribution in [0.3, 0.4) is 0 Å². The predicted octanol–water partition coefficient (Wildman–Crippen LogP) is 10.9. The van der Waals surface area contributed by atoms with Crippen LogP contribution < -0.4 is 0 Å². The Morgan fingerprint density at radius 1 is 0.217 bits per heavy atom. The summed E-state index contributed by atoms with van der Waals surface area (Å²) in [6, 6.07) is 0. The maximum Gasteiger partial charge on any atom is 0.197 e. The number of allylic oxidation sites excluding steroid dienone is 12. The first-order chi connectivity index (χ1) is 25.3. The van der Waals surface area contributed by atoms with Crippen LogP contribution in [0.1, 0.15) is 68.9 Å². The summed E-state index contributed by atoms with van der Waals surface area (Å²) in [6.07, 6.45) is 29.9. The molecule has 0 aromatic heterocycles. The largest absolute Gasteiger partial charge is 0.813 e. The van der Waals surface area contributed by atoms with Gasteiger partial charge >= 0.3 is 0 Å². The fraction of sp³-hybridized carbons (Fsp3) is 0.146. The van der Waals surface area contributed by atoms with E-state index < -0.39 is 105 Å². The van der Waals surface area contributed by atoms with Crippen LogP contribution in [0.15, 0.2) is 72.9 Å². The Morgan fingerprint density at radius 2 is 0.317 bits per heavy atom. The molecule has 0 heterocycles. The van der Waals surface area contributed by atoms with Crippen LogP contribution in [-0.4, -0.2) is 0 Å². The van der Waals surface area contributed by atoms with Gasteiger partial charge in [-0.1, -0.05) is 72.9 Å². The van der Waals surface area contributed by atoms with Crippen molar-refractivity contribution in [1.82, 2.24) is 0 Å². The Balaban J connectivity index is 0.000000778. The van der Waals surface area contributed by atoms with Crippen molar-refractivity contribution in [1.29, 1.82) is 0 Å². The quantitative estimate of drug-likeness (QED) is 0.0419. The van der Waals surface area contributed by atoms with Crippen molar-refractivity contribution in [3.8, 4) is 0 Å². The molecule has 0 amide bonds. The Morgan fingerprint density at radius 3 is 0.417 bits per heavy atom. The van der Waals surface area contributed by atoms with Crippen LogP contribution in [0.5, 0.6) is 0 Å². The third-order valence-electron chi connectivity index (χ3n) is 9.73. The molecule has 8 radical (unpaired) electrons. The zero-order valence-corrected chi connectivity index (χ0v) is 38.8. The van der Waals surface area contributed by atoms with Crippen molar-refractivity contribution in [2.24, 2.45) is 0 Å². The summed E-state index contributed by atoms with van der Waals surface area (Å²) in [5.74, 6) is -21.0. The van der Waals surface area contributed by atoms with E-state index in [1.807, 2.05) is 32.1 Å². The topological polar surface area (TPSA) is 0 Å². The van der Waals surface area contributed by atoms with E-state index in [1.165, 1.54) is 0 Å². The maximum atomic E-state index is 13.5. The Bertz CT molecular complexity index is 1800. The Kier molecular flexibility index (Phi) is 23.8. The molecule has 0 nitrogen and oxygen atoms in total. The number of rotatable bonds is 0. The summed E-state index contributed by atoms with van der Waals surface area (Å²) >= 11 is 0. The van der Waals surface area contributed by atoms with E-state index >= 15 is 0 Å². The molecule has 1 fully saturated rings. The van der Waals surface area contributed by atoms with Gasteiger partial charge in [0.1, 0.15) is 0 Å². The molecule has 0 spiro atoms. The van der Waals surface area contributed by atoms with E-state index in [-0.39, 0.29) is 154 Å². The number of benzene rings is 3. The first-order valence-electron chi connectivity index (χ1n) is 16.2. The minimum atomic E-state index is -1.73. The van der Waals surface area contributed by atoms with Gasteiger partial charge < -0.3 is 40.5 Å². The maximum absolute atomic E-state index is 13.5. The van der Waals surface area contributed by atoms with E-state index in [0.29, 0.717) is 0 Å². The molecule has 0 N–H and O–H groups in total. The molecule has 1 saturated carbocycles. The van der Waals surface area contributed by atoms with Gasteiger partial charge in [0.05, 0.1) is 0 Å². The summed E-state index contributed by atoms with van der Waals surface area (Å²) in [4.78, 5) is 0. The minimum Gasteiger partial charge on any atom is -0.813 e. The third kappa shape index (κ3) is 10.5. The van der Waals surface area contributed by atoms with Gasteiger partial charge in [0.2, 0.25) is 0 Å². The minimum absolute atomic E-state index is 0. The summed E-state index contributed by atoms with van der Waals surface area (Å²) in [5.41, 5.74) is -0.464. The Labute approximate surface area is 413 Å². The van der Waals surface area contributed by atoms with Crippen molar-refractivity contribution in [3.05, 3.63) is 208 Å². The smallest absolute Gasteiger partial charge is 0.197 e. The summed E-state index contributed by atoms with van der Waals surface area (Å²) in [5, 5.41) is 0. The molecule has 326 valence electrons. The number of thiol groups is 3. The van der Waals surface area contributed by atoms with Crippen molar-refractivity contribution < 1.29 is 133 Å². The Hall–Kier alpha value is -1.11. The molecule has 0 atom stereocenters. The first kappa shape index (κ1) is 58.9. The van der Waals surface area contributed by atoms with Gasteiger partial charge in [-0.25, -0.2) is 52.7 Å². The summed E-state index contributed by atoms with van der Waals surface area (Å²) in [6.45, 7) is 0. The van der Waals surface area contributed by atoms with Gasteiger partial charge in [-0.2, -0.15) is 0 Å². The standard InChI is InChI=1S/3C12H6F4.C5H5.3Rh.3H2S.Ti/c3*13-9-7-5-1-2-6(4-3-5)8(7)10(14)12(16)11(9)15;1-2-4-5-3-1;;;;;;;/h3*1-6H;1-5H;;;;3*1H2;/p-3. The van der Waals surface area contributed by atoms with E-state index in [2.05, 4.69) is 0 Å². The molecule has 0 unspecified atom stereocenters. The molecule has 0 saturated heterocycles. The van der Waals surface area contributed by atoms with Gasteiger partial charge in [-0.05, 0) is 32.1 Å². The van der Waals surface area contributed by atoms with E-state index in [9.17, 15) is 52.7 Å². The number of hydrogen-bond acceptors (Lipinski definition) is 3. The molecule has 10 aliphatic rings. The zero-order chi connectivity index (χ0) is 37.9. The van der Waals surface area contributed by atoms with Gasteiger partial charge in [0.15, 0.2) is 69.8 Å². The van der Waals surface area contributed by atoms with Crippen molar-refractivity contribution in [2.75, 3.05) is 0 Å². The second kappa shape index (κ2) is 24.3. The van der Waals surface area contributed by atoms with Crippen molar-refractivity contribution in [2.45, 2.75) is 35.5 Å². The van der Waals surface area contributed by atoms with Gasteiger partial charge in [0, 0.05) is 149 Å².